The fraction of sp³-hybridized carbons (Fsp3) is 0.778. The van der Waals surface area contributed by atoms with Gasteiger partial charge in [0.15, 0.2) is 0 Å². The number of hydrogen-bond donors (Lipinski definition) is 1. The summed E-state index contributed by atoms with van der Waals surface area (Å²) >= 11 is 0. The van der Waals surface area contributed by atoms with Gasteiger partial charge in [0.1, 0.15) is 6.29 Å². The van der Waals surface area contributed by atoms with Gasteiger partial charge >= 0.3 is 0 Å². The molecule has 0 saturated carbocycles. The van der Waals surface area contributed by atoms with Crippen molar-refractivity contribution in [3.8, 4) is 0 Å². The van der Waals surface area contributed by atoms with Crippen LogP contribution in [0.1, 0.15) is 12.8 Å². The van der Waals surface area contributed by atoms with Crippen LogP contribution in [-0.4, -0.2) is 44.1 Å². The summed E-state index contributed by atoms with van der Waals surface area (Å²) in [6, 6.07) is 0.0112. The van der Waals surface area contributed by atoms with Crippen LogP contribution in [-0.2, 0) is 9.59 Å². The molecule has 1 rings (SSSR count). The second kappa shape index (κ2) is 5.15. The summed E-state index contributed by atoms with van der Waals surface area (Å²) in [6.07, 6.45) is 2.07. The third kappa shape index (κ3) is 2.35. The number of amides is 1. The van der Waals surface area contributed by atoms with Crippen LogP contribution in [0.3, 0.4) is 0 Å². The summed E-state index contributed by atoms with van der Waals surface area (Å²) in [5, 5.41) is 0. The van der Waals surface area contributed by atoms with E-state index in [0.29, 0.717) is 25.4 Å². The number of carbonyl (C=O) groups is 2. The Morgan fingerprint density at radius 3 is 2.86 bits per heavy atom. The van der Waals surface area contributed by atoms with Crippen molar-refractivity contribution in [3.63, 3.8) is 0 Å². The molecule has 14 heavy (non-hydrogen) atoms. The van der Waals surface area contributed by atoms with E-state index in [2.05, 4.69) is 0 Å². The average molecular weight is 194 g/mol. The maximum atomic E-state index is 11.4. The first-order chi connectivity index (χ1) is 6.72. The van der Waals surface area contributed by atoms with Crippen molar-refractivity contribution in [3.05, 3.63) is 0 Å². The van der Waals surface area contributed by atoms with Crippen LogP contribution in [0.15, 0.2) is 0 Å². The molecule has 2 radical (unpaired) electrons. The molecule has 1 amide bonds. The van der Waals surface area contributed by atoms with Crippen molar-refractivity contribution in [1.29, 1.82) is 0 Å². The molecule has 0 aromatic rings. The monoisotopic (exact) mass is 194 g/mol. The lowest BCUT2D eigenvalue weighted by Crippen LogP contribution is -2.35. The summed E-state index contributed by atoms with van der Waals surface area (Å²) < 4.78 is 0. The lowest BCUT2D eigenvalue weighted by molar-refractivity contribution is -0.129. The Hall–Kier alpha value is -0.835. The third-order valence-electron chi connectivity index (χ3n) is 2.70. The predicted octanol–water partition coefficient (Wildman–Crippen LogP) is -0.662. The van der Waals surface area contributed by atoms with Crippen molar-refractivity contribution in [2.75, 3.05) is 13.1 Å². The Kier molecular flexibility index (Phi) is 4.13. The zero-order chi connectivity index (χ0) is 10.6. The summed E-state index contributed by atoms with van der Waals surface area (Å²) in [4.78, 5) is 23.5. The quantitative estimate of drug-likeness (QED) is 0.477. The number of rotatable bonds is 4. The van der Waals surface area contributed by atoms with Crippen LogP contribution in [0.5, 0.6) is 0 Å². The van der Waals surface area contributed by atoms with E-state index in [9.17, 15) is 9.59 Å². The Morgan fingerprint density at radius 2 is 2.36 bits per heavy atom. The van der Waals surface area contributed by atoms with Crippen LogP contribution >= 0.6 is 0 Å². The van der Waals surface area contributed by atoms with E-state index in [1.165, 1.54) is 0 Å². The van der Waals surface area contributed by atoms with Gasteiger partial charge in [-0.25, -0.2) is 0 Å². The van der Waals surface area contributed by atoms with E-state index in [0.717, 1.165) is 12.7 Å². The first-order valence-electron chi connectivity index (χ1n) is 4.86. The van der Waals surface area contributed by atoms with Gasteiger partial charge in [0, 0.05) is 19.0 Å². The standard InChI is InChI=1S/C9H15BN2O2/c10-4-9(14)12-6-7(5-11)3-8(12)1-2-13/h2,7-8H,1,3-6,11H2. The highest BCUT2D eigenvalue weighted by atomic mass is 16.2. The minimum atomic E-state index is -0.0900. The molecular formula is C9H15BN2O2. The highest BCUT2D eigenvalue weighted by molar-refractivity contribution is 6.19. The fourth-order valence-electron chi connectivity index (χ4n) is 1.94. The van der Waals surface area contributed by atoms with E-state index >= 15 is 0 Å². The van der Waals surface area contributed by atoms with Crippen LogP contribution < -0.4 is 5.73 Å². The molecule has 76 valence electrons. The lowest BCUT2D eigenvalue weighted by Gasteiger charge is -2.22. The van der Waals surface area contributed by atoms with Crippen molar-refractivity contribution in [2.45, 2.75) is 25.2 Å². The van der Waals surface area contributed by atoms with Gasteiger partial charge in [-0.05, 0) is 25.2 Å². The van der Waals surface area contributed by atoms with Crippen LogP contribution in [0, 0.1) is 5.92 Å². The van der Waals surface area contributed by atoms with Crippen molar-refractivity contribution >= 4 is 20.0 Å². The molecule has 1 heterocycles. The van der Waals surface area contributed by atoms with Crippen molar-refractivity contribution in [1.82, 2.24) is 4.90 Å². The molecule has 0 aromatic carbocycles. The van der Waals surface area contributed by atoms with Gasteiger partial charge in [-0.3, -0.25) is 4.79 Å². The topological polar surface area (TPSA) is 63.4 Å². The molecule has 0 aliphatic carbocycles. The Labute approximate surface area is 85.2 Å². The smallest absolute Gasteiger partial charge is 0.214 e. The summed E-state index contributed by atoms with van der Waals surface area (Å²) in [6.45, 7) is 1.20. The van der Waals surface area contributed by atoms with Crippen LogP contribution in [0.4, 0.5) is 0 Å². The number of carbonyl (C=O) groups excluding carboxylic acids is 2. The Balaban J connectivity index is 2.61. The molecule has 0 bridgehead atoms. The van der Waals surface area contributed by atoms with E-state index in [1.54, 1.807) is 4.90 Å². The fourth-order valence-corrected chi connectivity index (χ4v) is 1.94. The van der Waals surface area contributed by atoms with E-state index < -0.39 is 0 Å². The first kappa shape index (κ1) is 11.2. The summed E-state index contributed by atoms with van der Waals surface area (Å²) in [5.41, 5.74) is 5.54. The zero-order valence-corrected chi connectivity index (χ0v) is 8.19. The third-order valence-corrected chi connectivity index (χ3v) is 2.70. The molecular weight excluding hydrogens is 179 g/mol. The minimum absolute atomic E-state index is 0.00660. The molecule has 1 aliphatic rings. The molecule has 2 atom stereocenters. The molecule has 1 fully saturated rings. The normalized spacial score (nSPS) is 26.5. The van der Waals surface area contributed by atoms with Gasteiger partial charge in [0.2, 0.25) is 5.91 Å². The molecule has 0 spiro atoms. The number of aldehydes is 1. The van der Waals surface area contributed by atoms with Crippen LogP contribution in [0.2, 0.25) is 6.32 Å². The average Bonchev–Trinajstić information content (AvgIpc) is 2.61. The van der Waals surface area contributed by atoms with Gasteiger partial charge in [0.05, 0.1) is 7.85 Å². The molecule has 2 N–H and O–H groups in total. The van der Waals surface area contributed by atoms with Crippen molar-refractivity contribution in [2.24, 2.45) is 11.7 Å². The lowest BCUT2D eigenvalue weighted by atomic mass is 10.0. The second-order valence-electron chi connectivity index (χ2n) is 3.64. The van der Waals surface area contributed by atoms with E-state index in [4.69, 9.17) is 13.6 Å². The van der Waals surface area contributed by atoms with Gasteiger partial charge in [-0.1, -0.05) is 0 Å². The maximum Gasteiger partial charge on any atom is 0.214 e. The van der Waals surface area contributed by atoms with Crippen LogP contribution in [0.25, 0.3) is 0 Å². The molecule has 1 aliphatic heterocycles. The first-order valence-corrected chi connectivity index (χ1v) is 4.86. The number of hydrogen-bond acceptors (Lipinski definition) is 3. The Bertz CT molecular complexity index is 223. The summed E-state index contributed by atoms with van der Waals surface area (Å²) in [7, 11) is 5.29. The number of nitrogens with two attached hydrogens (primary N) is 1. The molecule has 0 aromatic heterocycles. The van der Waals surface area contributed by atoms with E-state index in [1.807, 2.05) is 0 Å². The van der Waals surface area contributed by atoms with Gasteiger partial charge in [0.25, 0.3) is 0 Å². The highest BCUT2D eigenvalue weighted by Gasteiger charge is 2.32. The van der Waals surface area contributed by atoms with Gasteiger partial charge in [-0.2, -0.15) is 0 Å². The SMILES string of the molecule is [B]CC(=O)N1CC(CN)CC1CC=O. The summed E-state index contributed by atoms with van der Waals surface area (Å²) in [5.74, 6) is 0.225. The largest absolute Gasteiger partial charge is 0.340 e. The highest BCUT2D eigenvalue weighted by Crippen LogP contribution is 2.24. The Morgan fingerprint density at radius 1 is 1.64 bits per heavy atom. The molecule has 4 nitrogen and oxygen atoms in total. The predicted molar refractivity (Wildman–Crippen MR) is 53.9 cm³/mol. The second-order valence-corrected chi connectivity index (χ2v) is 3.64. The van der Waals surface area contributed by atoms with Gasteiger partial charge in [-0.15, -0.1) is 0 Å². The van der Waals surface area contributed by atoms with Gasteiger partial charge < -0.3 is 15.4 Å². The molecule has 2 unspecified atom stereocenters. The minimum Gasteiger partial charge on any atom is -0.340 e. The molecule has 5 heteroatoms. The maximum absolute atomic E-state index is 11.4. The number of nitrogens with zero attached hydrogens (tertiary/aromatic N) is 1. The zero-order valence-electron chi connectivity index (χ0n) is 8.19. The van der Waals surface area contributed by atoms with E-state index in [-0.39, 0.29) is 18.3 Å². The number of likely N-dealkylation sites (tertiary alicyclic amines) is 1. The van der Waals surface area contributed by atoms with Crippen molar-refractivity contribution < 1.29 is 9.59 Å². The molecule has 1 saturated heterocycles.